The molecule has 58 valence electrons. The Morgan fingerprint density at radius 1 is 1.67 bits per heavy atom. The van der Waals surface area contributed by atoms with Gasteiger partial charge in [0.25, 0.3) is 0 Å². The summed E-state index contributed by atoms with van der Waals surface area (Å²) in [6.07, 6.45) is 2.69. The van der Waals surface area contributed by atoms with Crippen LogP contribution in [0.3, 0.4) is 0 Å². The number of carboxylic acid groups (broad SMARTS) is 1. The average Bonchev–Trinajstić information content (AvgIpc) is 2.25. The van der Waals surface area contributed by atoms with Gasteiger partial charge in [-0.1, -0.05) is 6.08 Å². The molecule has 2 rings (SSSR count). The Bertz CT molecular complexity index is 274. The Balaban J connectivity index is 0.000000720. The predicted octanol–water partition coefficient (Wildman–Crippen LogP) is -4.37. The first-order valence-corrected chi connectivity index (χ1v) is 3.43. The van der Waals surface area contributed by atoms with Gasteiger partial charge in [0.15, 0.2) is 0 Å². The molecule has 0 radical (unpaired) electrons. The van der Waals surface area contributed by atoms with E-state index in [9.17, 15) is 14.7 Å². The molecular formula is C7H6NNaO3. The van der Waals surface area contributed by atoms with Crippen LogP contribution in [0.2, 0.25) is 0 Å². The third kappa shape index (κ3) is 1.20. The Morgan fingerprint density at radius 2 is 2.33 bits per heavy atom. The number of fused-ring (bicyclic) bond motifs is 1. The first-order chi connectivity index (χ1) is 5.20. The van der Waals surface area contributed by atoms with Gasteiger partial charge in [-0.25, -0.2) is 0 Å². The zero-order valence-electron chi connectivity index (χ0n) is 6.74. The first-order valence-electron chi connectivity index (χ1n) is 3.43. The summed E-state index contributed by atoms with van der Waals surface area (Å²) in [7, 11) is 0. The van der Waals surface area contributed by atoms with Crippen LogP contribution in [0.15, 0.2) is 11.8 Å². The fourth-order valence-electron chi connectivity index (χ4n) is 1.53. The summed E-state index contributed by atoms with van der Waals surface area (Å²) in [5.74, 6) is -1.36. The Kier molecular flexibility index (Phi) is 2.61. The minimum Gasteiger partial charge on any atom is -0.543 e. The number of amides is 1. The smallest absolute Gasteiger partial charge is 0.543 e. The molecule has 0 bridgehead atoms. The van der Waals surface area contributed by atoms with E-state index in [4.69, 9.17) is 0 Å². The SMILES string of the molecule is O=C([O-])C1=CCC2CC(=O)N12.[Na+]. The van der Waals surface area contributed by atoms with Crippen molar-refractivity contribution in [2.45, 2.75) is 18.9 Å². The fraction of sp³-hybridized carbons (Fsp3) is 0.429. The van der Waals surface area contributed by atoms with Crippen molar-refractivity contribution < 1.29 is 44.3 Å². The molecule has 0 spiro atoms. The molecule has 5 heteroatoms. The van der Waals surface area contributed by atoms with Crippen molar-refractivity contribution in [1.82, 2.24) is 4.90 Å². The molecule has 2 heterocycles. The van der Waals surface area contributed by atoms with Crippen molar-refractivity contribution in [3.63, 3.8) is 0 Å². The molecule has 1 fully saturated rings. The van der Waals surface area contributed by atoms with Crippen LogP contribution in [0.5, 0.6) is 0 Å². The van der Waals surface area contributed by atoms with E-state index in [0.29, 0.717) is 12.8 Å². The number of carbonyl (C=O) groups is 2. The Morgan fingerprint density at radius 3 is 2.75 bits per heavy atom. The third-order valence-electron chi connectivity index (χ3n) is 2.10. The van der Waals surface area contributed by atoms with Crippen molar-refractivity contribution >= 4 is 11.9 Å². The average molecular weight is 175 g/mol. The van der Waals surface area contributed by atoms with Crippen LogP contribution in [-0.4, -0.2) is 22.8 Å². The normalized spacial score (nSPS) is 25.3. The van der Waals surface area contributed by atoms with Crippen LogP contribution in [0, 0.1) is 0 Å². The Hall–Kier alpha value is -0.320. The summed E-state index contributed by atoms with van der Waals surface area (Å²) in [5.41, 5.74) is 0.0475. The quantitative estimate of drug-likeness (QED) is 0.299. The molecule has 4 nitrogen and oxygen atoms in total. The number of carboxylic acids is 1. The van der Waals surface area contributed by atoms with E-state index in [2.05, 4.69) is 0 Å². The van der Waals surface area contributed by atoms with E-state index >= 15 is 0 Å². The van der Waals surface area contributed by atoms with Crippen molar-refractivity contribution in [2.24, 2.45) is 0 Å². The van der Waals surface area contributed by atoms with Gasteiger partial charge in [0.2, 0.25) is 5.91 Å². The van der Waals surface area contributed by atoms with Crippen molar-refractivity contribution in [3.05, 3.63) is 11.8 Å². The second-order valence-corrected chi connectivity index (χ2v) is 2.73. The summed E-state index contributed by atoms with van der Waals surface area (Å²) in [6, 6.07) is 0.107. The maximum absolute atomic E-state index is 10.8. The molecule has 0 aliphatic carbocycles. The van der Waals surface area contributed by atoms with Gasteiger partial charge in [-0.15, -0.1) is 0 Å². The number of β-lactam (4-membered cyclic amide) rings is 1. The van der Waals surface area contributed by atoms with Gasteiger partial charge in [-0.3, -0.25) is 4.79 Å². The van der Waals surface area contributed by atoms with Gasteiger partial charge in [0.05, 0.1) is 11.7 Å². The summed E-state index contributed by atoms with van der Waals surface area (Å²) >= 11 is 0. The molecule has 1 amide bonds. The largest absolute Gasteiger partial charge is 1.00 e. The number of nitrogens with zero attached hydrogens (tertiary/aromatic N) is 1. The number of carbonyl (C=O) groups excluding carboxylic acids is 2. The number of hydrogen-bond acceptors (Lipinski definition) is 3. The van der Waals surface area contributed by atoms with Crippen LogP contribution in [0.1, 0.15) is 12.8 Å². The molecule has 12 heavy (non-hydrogen) atoms. The molecule has 0 saturated carbocycles. The molecule has 1 saturated heterocycles. The van der Waals surface area contributed by atoms with E-state index in [1.807, 2.05) is 0 Å². The second kappa shape index (κ2) is 3.20. The second-order valence-electron chi connectivity index (χ2n) is 2.73. The molecular weight excluding hydrogens is 169 g/mol. The number of rotatable bonds is 1. The van der Waals surface area contributed by atoms with Gasteiger partial charge in [-0.05, 0) is 6.42 Å². The third-order valence-corrected chi connectivity index (χ3v) is 2.10. The molecule has 0 N–H and O–H groups in total. The van der Waals surface area contributed by atoms with E-state index < -0.39 is 5.97 Å². The molecule has 2 aliphatic rings. The van der Waals surface area contributed by atoms with Crippen LogP contribution in [0.4, 0.5) is 0 Å². The fourth-order valence-corrected chi connectivity index (χ4v) is 1.53. The van der Waals surface area contributed by atoms with Gasteiger partial charge in [-0.2, -0.15) is 0 Å². The minimum absolute atomic E-state index is 0. The first kappa shape index (κ1) is 9.77. The molecule has 0 aromatic heterocycles. The van der Waals surface area contributed by atoms with Gasteiger partial charge < -0.3 is 14.8 Å². The van der Waals surface area contributed by atoms with Crippen LogP contribution in [-0.2, 0) is 9.59 Å². The molecule has 0 aromatic carbocycles. The molecule has 0 aromatic rings. The van der Waals surface area contributed by atoms with Crippen LogP contribution >= 0.6 is 0 Å². The van der Waals surface area contributed by atoms with E-state index in [1.54, 1.807) is 6.08 Å². The van der Waals surface area contributed by atoms with Crippen molar-refractivity contribution in [3.8, 4) is 0 Å². The zero-order chi connectivity index (χ0) is 8.01. The van der Waals surface area contributed by atoms with Crippen molar-refractivity contribution in [2.75, 3.05) is 0 Å². The number of hydrogen-bond donors (Lipinski definition) is 0. The molecule has 2 aliphatic heterocycles. The topological polar surface area (TPSA) is 60.4 Å². The monoisotopic (exact) mass is 175 g/mol. The standard InChI is InChI=1S/C7H7NO3.Na/c9-6-3-4-1-2-5(7(10)11)8(4)6;/h2,4H,1,3H2,(H,10,11);/q;+1/p-1. The van der Waals surface area contributed by atoms with E-state index in [1.165, 1.54) is 4.90 Å². The predicted molar refractivity (Wildman–Crippen MR) is 33.0 cm³/mol. The van der Waals surface area contributed by atoms with E-state index in [0.717, 1.165) is 0 Å². The number of aliphatic carboxylic acids is 1. The Labute approximate surface area is 91.5 Å². The van der Waals surface area contributed by atoms with Gasteiger partial charge in [0, 0.05) is 12.5 Å². The summed E-state index contributed by atoms with van der Waals surface area (Å²) in [4.78, 5) is 22.5. The van der Waals surface area contributed by atoms with Gasteiger partial charge in [0.1, 0.15) is 0 Å². The van der Waals surface area contributed by atoms with Gasteiger partial charge >= 0.3 is 29.6 Å². The summed E-state index contributed by atoms with van der Waals surface area (Å²) < 4.78 is 0. The molecule has 1 atom stereocenters. The summed E-state index contributed by atoms with van der Waals surface area (Å²) in [6.45, 7) is 0. The van der Waals surface area contributed by atoms with E-state index in [-0.39, 0.29) is 47.2 Å². The maximum atomic E-state index is 10.8. The van der Waals surface area contributed by atoms with Crippen molar-refractivity contribution in [1.29, 1.82) is 0 Å². The molecule has 1 unspecified atom stereocenters. The minimum atomic E-state index is -1.25. The summed E-state index contributed by atoms with van der Waals surface area (Å²) in [5, 5.41) is 10.4. The zero-order valence-corrected chi connectivity index (χ0v) is 8.74. The maximum Gasteiger partial charge on any atom is 1.00 e. The van der Waals surface area contributed by atoms with Crippen LogP contribution in [0.25, 0.3) is 0 Å². The van der Waals surface area contributed by atoms with Crippen LogP contribution < -0.4 is 34.7 Å².